The van der Waals surface area contributed by atoms with E-state index in [0.717, 1.165) is 16.0 Å². The molecule has 29 heavy (non-hydrogen) atoms. The predicted molar refractivity (Wildman–Crippen MR) is 118 cm³/mol. The summed E-state index contributed by atoms with van der Waals surface area (Å²) in [5.74, 6) is -0.640. The number of hydrogen-bond acceptors (Lipinski definition) is 4. The number of carbonyl (C=O) groups excluding carboxylic acids is 2. The Labute approximate surface area is 176 Å². The molecule has 4 rings (SSSR count). The van der Waals surface area contributed by atoms with Crippen molar-refractivity contribution in [1.82, 2.24) is 4.90 Å². The van der Waals surface area contributed by atoms with Crippen molar-refractivity contribution < 1.29 is 9.59 Å². The van der Waals surface area contributed by atoms with Crippen molar-refractivity contribution in [1.29, 1.82) is 0 Å². The van der Waals surface area contributed by atoms with Crippen LogP contribution < -0.4 is 0 Å². The lowest BCUT2D eigenvalue weighted by Crippen LogP contribution is -2.30. The van der Waals surface area contributed by atoms with Gasteiger partial charge in [0, 0.05) is 28.5 Å². The van der Waals surface area contributed by atoms with E-state index in [1.54, 1.807) is 11.3 Å². The molecule has 3 unspecified atom stereocenters. The zero-order valence-electron chi connectivity index (χ0n) is 17.0. The van der Waals surface area contributed by atoms with Crippen LogP contribution in [0.4, 0.5) is 0 Å². The van der Waals surface area contributed by atoms with Crippen LogP contribution in [-0.2, 0) is 0 Å². The molecule has 0 bridgehead atoms. The van der Waals surface area contributed by atoms with Crippen molar-refractivity contribution in [2.24, 2.45) is 11.8 Å². The van der Waals surface area contributed by atoms with Gasteiger partial charge in [0.2, 0.25) is 0 Å². The minimum Gasteiger partial charge on any atom is -0.297 e. The van der Waals surface area contributed by atoms with E-state index in [1.165, 1.54) is 0 Å². The molecule has 0 amide bonds. The van der Waals surface area contributed by atoms with Crippen molar-refractivity contribution in [3.05, 3.63) is 93.2 Å². The van der Waals surface area contributed by atoms with E-state index in [-0.39, 0.29) is 23.5 Å². The van der Waals surface area contributed by atoms with Gasteiger partial charge in [-0.05, 0) is 32.3 Å². The third-order valence-electron chi connectivity index (χ3n) is 5.88. The Bertz CT molecular complexity index is 1010. The van der Waals surface area contributed by atoms with Gasteiger partial charge in [-0.3, -0.25) is 14.5 Å². The minimum absolute atomic E-state index is 0.0539. The van der Waals surface area contributed by atoms with Gasteiger partial charge in [0.25, 0.3) is 0 Å². The maximum atomic E-state index is 13.6. The average molecular weight is 404 g/mol. The van der Waals surface area contributed by atoms with Gasteiger partial charge < -0.3 is 0 Å². The lowest BCUT2D eigenvalue weighted by Gasteiger charge is -2.24. The molecule has 0 radical (unpaired) electrons. The molecule has 1 saturated heterocycles. The second-order valence-electron chi connectivity index (χ2n) is 7.99. The average Bonchev–Trinajstić information content (AvgIpc) is 3.35. The van der Waals surface area contributed by atoms with E-state index in [4.69, 9.17) is 0 Å². The monoisotopic (exact) mass is 403 g/mol. The van der Waals surface area contributed by atoms with Crippen LogP contribution >= 0.6 is 11.3 Å². The molecule has 1 fully saturated rings. The van der Waals surface area contributed by atoms with Crippen LogP contribution in [0.2, 0.25) is 0 Å². The van der Waals surface area contributed by atoms with Crippen LogP contribution in [0.25, 0.3) is 0 Å². The van der Waals surface area contributed by atoms with Gasteiger partial charge in [-0.1, -0.05) is 65.7 Å². The second kappa shape index (κ2) is 8.05. The number of nitrogens with zero attached hydrogens (tertiary/aromatic N) is 1. The number of likely N-dealkylation sites (tertiary alicyclic amines) is 1. The van der Waals surface area contributed by atoms with Gasteiger partial charge in [0.15, 0.2) is 11.6 Å². The number of Topliss-reactive ketones (excluding diaryl/α,β-unsaturated/α-hetero) is 2. The standard InChI is InChI=1S/C25H25NO2S/c1-16-6-10-18(11-7-16)24(27)20-15-26(3)23(21-5-4-14-29-21)22(20)25(28)19-12-8-17(2)9-13-19/h4-14,20,22-23H,15H2,1-3H3. The number of aryl methyl sites for hydroxylation is 2. The van der Waals surface area contributed by atoms with E-state index < -0.39 is 5.92 Å². The minimum atomic E-state index is -0.393. The molecular weight excluding hydrogens is 378 g/mol. The fourth-order valence-corrected chi connectivity index (χ4v) is 5.24. The van der Waals surface area contributed by atoms with Gasteiger partial charge in [0.05, 0.1) is 12.0 Å². The molecule has 4 heteroatoms. The zero-order chi connectivity index (χ0) is 20.5. The quantitative estimate of drug-likeness (QED) is 0.539. The van der Waals surface area contributed by atoms with Crippen LogP contribution in [-0.4, -0.2) is 30.1 Å². The summed E-state index contributed by atoms with van der Waals surface area (Å²) in [6.45, 7) is 4.60. The number of hydrogen-bond donors (Lipinski definition) is 0. The molecule has 2 heterocycles. The van der Waals surface area contributed by atoms with Gasteiger partial charge in [-0.2, -0.15) is 0 Å². The van der Waals surface area contributed by atoms with Gasteiger partial charge >= 0.3 is 0 Å². The lowest BCUT2D eigenvalue weighted by atomic mass is 9.79. The third kappa shape index (κ3) is 3.83. The zero-order valence-corrected chi connectivity index (χ0v) is 17.8. The summed E-state index contributed by atoms with van der Waals surface area (Å²) in [4.78, 5) is 30.4. The molecule has 0 spiro atoms. The second-order valence-corrected chi connectivity index (χ2v) is 8.97. The maximum Gasteiger partial charge on any atom is 0.168 e. The molecule has 3 aromatic rings. The molecule has 0 aliphatic carbocycles. The molecule has 1 aliphatic rings. The number of thiophene rings is 1. The van der Waals surface area contributed by atoms with Crippen molar-refractivity contribution in [2.75, 3.05) is 13.6 Å². The highest BCUT2D eigenvalue weighted by atomic mass is 32.1. The summed E-state index contributed by atoms with van der Waals surface area (Å²) >= 11 is 1.65. The van der Waals surface area contributed by atoms with Crippen LogP contribution in [0.1, 0.15) is 42.8 Å². The highest BCUT2D eigenvalue weighted by Gasteiger charge is 2.48. The Hall–Kier alpha value is -2.56. The molecular formula is C25H25NO2S. The van der Waals surface area contributed by atoms with Gasteiger partial charge in [-0.15, -0.1) is 11.3 Å². The summed E-state index contributed by atoms with van der Waals surface area (Å²) in [6.07, 6.45) is 0. The molecule has 3 atom stereocenters. The highest BCUT2D eigenvalue weighted by Crippen LogP contribution is 2.44. The molecule has 1 aromatic heterocycles. The Kier molecular flexibility index (Phi) is 5.48. The molecule has 148 valence electrons. The first-order valence-electron chi connectivity index (χ1n) is 9.91. The maximum absolute atomic E-state index is 13.6. The van der Waals surface area contributed by atoms with E-state index >= 15 is 0 Å². The molecule has 0 saturated carbocycles. The van der Waals surface area contributed by atoms with Gasteiger partial charge in [0.1, 0.15) is 0 Å². The Balaban J connectivity index is 1.74. The van der Waals surface area contributed by atoms with Crippen molar-refractivity contribution in [3.8, 4) is 0 Å². The fraction of sp³-hybridized carbons (Fsp3) is 0.280. The van der Waals surface area contributed by atoms with Crippen LogP contribution in [0.5, 0.6) is 0 Å². The normalized spacial score (nSPS) is 22.0. The van der Waals surface area contributed by atoms with Crippen molar-refractivity contribution in [2.45, 2.75) is 19.9 Å². The van der Waals surface area contributed by atoms with E-state index in [0.29, 0.717) is 17.7 Å². The third-order valence-corrected chi connectivity index (χ3v) is 6.82. The summed E-state index contributed by atoms with van der Waals surface area (Å²) in [7, 11) is 2.02. The molecule has 0 N–H and O–H groups in total. The van der Waals surface area contributed by atoms with Crippen LogP contribution in [0, 0.1) is 25.7 Å². The number of benzene rings is 2. The van der Waals surface area contributed by atoms with Crippen LogP contribution in [0.15, 0.2) is 66.0 Å². The summed E-state index contributed by atoms with van der Waals surface area (Å²) < 4.78 is 0. The Morgan fingerprint density at radius 3 is 1.93 bits per heavy atom. The summed E-state index contributed by atoms with van der Waals surface area (Å²) in [5.41, 5.74) is 3.60. The lowest BCUT2D eigenvalue weighted by molar-refractivity contribution is 0.0786. The number of ketones is 2. The largest absolute Gasteiger partial charge is 0.297 e. The smallest absolute Gasteiger partial charge is 0.168 e. The number of carbonyl (C=O) groups is 2. The van der Waals surface area contributed by atoms with E-state index in [2.05, 4.69) is 11.0 Å². The van der Waals surface area contributed by atoms with Crippen LogP contribution in [0.3, 0.4) is 0 Å². The summed E-state index contributed by atoms with van der Waals surface area (Å²) in [6, 6.07) is 19.4. The van der Waals surface area contributed by atoms with Crippen molar-refractivity contribution >= 4 is 22.9 Å². The van der Waals surface area contributed by atoms with Gasteiger partial charge in [-0.25, -0.2) is 0 Å². The SMILES string of the molecule is Cc1ccc(C(=O)C2CN(C)C(c3cccs3)C2C(=O)c2ccc(C)cc2)cc1. The molecule has 2 aromatic carbocycles. The fourth-order valence-electron chi connectivity index (χ4n) is 4.30. The first-order valence-corrected chi connectivity index (χ1v) is 10.8. The highest BCUT2D eigenvalue weighted by molar-refractivity contribution is 7.10. The Morgan fingerprint density at radius 1 is 0.862 bits per heavy atom. The molecule has 1 aliphatic heterocycles. The predicted octanol–water partition coefficient (Wildman–Crippen LogP) is 5.35. The molecule has 3 nitrogen and oxygen atoms in total. The van der Waals surface area contributed by atoms with E-state index in [9.17, 15) is 9.59 Å². The van der Waals surface area contributed by atoms with Crippen molar-refractivity contribution in [3.63, 3.8) is 0 Å². The first-order chi connectivity index (χ1) is 14.0. The Morgan fingerprint density at radius 2 is 1.41 bits per heavy atom. The van der Waals surface area contributed by atoms with E-state index in [1.807, 2.05) is 80.9 Å². The number of rotatable bonds is 5. The summed E-state index contributed by atoms with van der Waals surface area (Å²) in [5, 5.41) is 2.03. The topological polar surface area (TPSA) is 37.4 Å². The first kappa shape index (κ1) is 19.7.